The van der Waals surface area contributed by atoms with Crippen LogP contribution in [0.1, 0.15) is 33.1 Å². The fraction of sp³-hybridized carbons (Fsp3) is 0.476. The number of hydrogen-bond acceptors (Lipinski definition) is 6. The van der Waals surface area contributed by atoms with E-state index in [1.807, 2.05) is 13.8 Å². The molecule has 164 valence electrons. The Bertz CT molecular complexity index is 895. The van der Waals surface area contributed by atoms with E-state index in [9.17, 15) is 22.8 Å². The quantitative estimate of drug-likeness (QED) is 0.490. The number of nitrogens with one attached hydrogen (secondary N) is 1. The summed E-state index contributed by atoms with van der Waals surface area (Å²) in [6, 6.07) is 6.20. The van der Waals surface area contributed by atoms with Crippen LogP contribution in [0.15, 0.2) is 46.7 Å². The first-order valence-corrected chi connectivity index (χ1v) is 11.4. The molecule has 0 radical (unpaired) electrons. The molecule has 9 heteroatoms. The maximum absolute atomic E-state index is 13.0. The van der Waals surface area contributed by atoms with E-state index in [1.165, 1.54) is 24.1 Å². The van der Waals surface area contributed by atoms with Gasteiger partial charge in [0.05, 0.1) is 12.0 Å². The normalized spacial score (nSPS) is 17.9. The lowest BCUT2D eigenvalue weighted by molar-refractivity contribution is -0.151. The lowest BCUT2D eigenvalue weighted by Crippen LogP contribution is -2.52. The van der Waals surface area contributed by atoms with Crippen molar-refractivity contribution >= 4 is 27.6 Å². The second-order valence-electron chi connectivity index (χ2n) is 7.56. The highest BCUT2D eigenvalue weighted by Gasteiger charge is 2.38. The number of hydrogen-bond donors (Lipinski definition) is 1. The summed E-state index contributed by atoms with van der Waals surface area (Å²) in [5.41, 5.74) is 0. The SMILES string of the molecule is COC(=O)[C@@H]1CCCN1C(=O)[C@H](CC(C)C)NC(=O)/C=C/S(=O)(=O)c1ccccc1. The number of likely N-dealkylation sites (tertiary alicyclic amines) is 1. The van der Waals surface area contributed by atoms with Gasteiger partial charge in [-0.15, -0.1) is 0 Å². The van der Waals surface area contributed by atoms with Gasteiger partial charge >= 0.3 is 5.97 Å². The molecule has 0 unspecified atom stereocenters. The van der Waals surface area contributed by atoms with Gasteiger partial charge in [-0.05, 0) is 37.3 Å². The van der Waals surface area contributed by atoms with Crippen molar-refractivity contribution < 1.29 is 27.5 Å². The Kier molecular flexibility index (Phi) is 8.16. The molecule has 2 rings (SSSR count). The van der Waals surface area contributed by atoms with Gasteiger partial charge in [0.15, 0.2) is 9.84 Å². The number of methoxy groups -OCH3 is 1. The molecule has 2 amide bonds. The molecule has 0 spiro atoms. The first kappa shape index (κ1) is 23.6. The van der Waals surface area contributed by atoms with Crippen LogP contribution in [0, 0.1) is 5.92 Å². The molecule has 0 aliphatic carbocycles. The largest absolute Gasteiger partial charge is 0.467 e. The summed E-state index contributed by atoms with van der Waals surface area (Å²) in [7, 11) is -2.50. The van der Waals surface area contributed by atoms with Crippen molar-refractivity contribution in [2.45, 2.75) is 50.1 Å². The molecule has 1 N–H and O–H groups in total. The van der Waals surface area contributed by atoms with Crippen molar-refractivity contribution in [3.8, 4) is 0 Å². The van der Waals surface area contributed by atoms with Crippen molar-refractivity contribution in [1.82, 2.24) is 10.2 Å². The Morgan fingerprint density at radius 2 is 1.90 bits per heavy atom. The van der Waals surface area contributed by atoms with Crippen LogP contribution in [-0.4, -0.2) is 56.8 Å². The maximum Gasteiger partial charge on any atom is 0.328 e. The fourth-order valence-corrected chi connectivity index (χ4v) is 4.36. The molecule has 0 aromatic heterocycles. The van der Waals surface area contributed by atoms with E-state index in [4.69, 9.17) is 4.74 Å². The molecule has 1 aromatic carbocycles. The van der Waals surface area contributed by atoms with Crippen LogP contribution in [0.3, 0.4) is 0 Å². The van der Waals surface area contributed by atoms with Gasteiger partial charge < -0.3 is 15.0 Å². The van der Waals surface area contributed by atoms with E-state index in [1.54, 1.807) is 18.2 Å². The highest BCUT2D eigenvalue weighted by atomic mass is 32.2. The van der Waals surface area contributed by atoms with E-state index < -0.39 is 33.8 Å². The number of amides is 2. The molecule has 1 heterocycles. The average molecular weight is 437 g/mol. The second-order valence-corrected chi connectivity index (χ2v) is 9.40. The van der Waals surface area contributed by atoms with Crippen molar-refractivity contribution in [3.63, 3.8) is 0 Å². The zero-order chi connectivity index (χ0) is 22.3. The predicted octanol–water partition coefficient (Wildman–Crippen LogP) is 1.67. The molecule has 1 saturated heterocycles. The van der Waals surface area contributed by atoms with Gasteiger partial charge in [0.1, 0.15) is 12.1 Å². The van der Waals surface area contributed by atoms with Crippen molar-refractivity contribution in [1.29, 1.82) is 0 Å². The molecular weight excluding hydrogens is 408 g/mol. The van der Waals surface area contributed by atoms with E-state index >= 15 is 0 Å². The highest BCUT2D eigenvalue weighted by Crippen LogP contribution is 2.21. The molecule has 30 heavy (non-hydrogen) atoms. The van der Waals surface area contributed by atoms with Gasteiger partial charge in [0.2, 0.25) is 11.8 Å². The third-order valence-electron chi connectivity index (χ3n) is 4.80. The number of nitrogens with zero attached hydrogens (tertiary/aromatic N) is 1. The van der Waals surface area contributed by atoms with Crippen LogP contribution in [0.25, 0.3) is 0 Å². The molecule has 0 bridgehead atoms. The topological polar surface area (TPSA) is 110 Å². The third kappa shape index (κ3) is 6.16. The number of esters is 1. The Balaban J connectivity index is 2.13. The minimum Gasteiger partial charge on any atom is -0.467 e. The number of benzene rings is 1. The van der Waals surface area contributed by atoms with Gasteiger partial charge in [-0.25, -0.2) is 13.2 Å². The Labute approximate surface area is 177 Å². The summed E-state index contributed by atoms with van der Waals surface area (Å²) < 4.78 is 29.4. The standard InChI is InChI=1S/C21H28N2O6S/c1-15(2)14-17(20(25)23-12-7-10-18(23)21(26)29-3)22-19(24)11-13-30(27,28)16-8-5-4-6-9-16/h4-6,8-9,11,13,15,17-18H,7,10,12,14H2,1-3H3,(H,22,24)/b13-11+/t17-,18-/m0/s1. The molecule has 2 atom stereocenters. The third-order valence-corrected chi connectivity index (χ3v) is 6.22. The number of carbonyl (C=O) groups is 3. The van der Waals surface area contributed by atoms with E-state index in [2.05, 4.69) is 5.32 Å². The summed E-state index contributed by atoms with van der Waals surface area (Å²) >= 11 is 0. The van der Waals surface area contributed by atoms with Crippen LogP contribution in [0.5, 0.6) is 0 Å². The van der Waals surface area contributed by atoms with Crippen molar-refractivity contribution in [3.05, 3.63) is 41.8 Å². The lowest BCUT2D eigenvalue weighted by Gasteiger charge is -2.28. The molecule has 1 fully saturated rings. The number of ether oxygens (including phenoxy) is 1. The van der Waals surface area contributed by atoms with Crippen molar-refractivity contribution in [2.24, 2.45) is 5.92 Å². The summed E-state index contributed by atoms with van der Waals surface area (Å²) in [5.74, 6) is -1.45. The fourth-order valence-electron chi connectivity index (χ4n) is 3.36. The maximum atomic E-state index is 13.0. The van der Waals surface area contributed by atoms with Gasteiger partial charge in [0, 0.05) is 18.0 Å². The van der Waals surface area contributed by atoms with Gasteiger partial charge in [0.25, 0.3) is 0 Å². The molecular formula is C21H28N2O6S. The van der Waals surface area contributed by atoms with Crippen molar-refractivity contribution in [2.75, 3.05) is 13.7 Å². The molecule has 1 aliphatic rings. The van der Waals surface area contributed by atoms with E-state index in [0.29, 0.717) is 25.8 Å². The number of sulfone groups is 1. The molecule has 0 saturated carbocycles. The van der Waals surface area contributed by atoms with Crippen LogP contribution < -0.4 is 5.32 Å². The molecule has 8 nitrogen and oxygen atoms in total. The highest BCUT2D eigenvalue weighted by molar-refractivity contribution is 7.94. The Morgan fingerprint density at radius 1 is 1.23 bits per heavy atom. The zero-order valence-electron chi connectivity index (χ0n) is 17.4. The smallest absolute Gasteiger partial charge is 0.328 e. The monoisotopic (exact) mass is 436 g/mol. The average Bonchev–Trinajstić information content (AvgIpc) is 3.21. The Hall–Kier alpha value is -2.68. The minimum absolute atomic E-state index is 0.0712. The summed E-state index contributed by atoms with van der Waals surface area (Å²) in [5, 5.41) is 3.41. The predicted molar refractivity (Wildman–Crippen MR) is 111 cm³/mol. The molecule has 1 aliphatic heterocycles. The van der Waals surface area contributed by atoms with E-state index in [-0.39, 0.29) is 16.7 Å². The van der Waals surface area contributed by atoms with Crippen LogP contribution in [0.2, 0.25) is 0 Å². The first-order valence-electron chi connectivity index (χ1n) is 9.82. The Morgan fingerprint density at radius 3 is 2.50 bits per heavy atom. The number of rotatable bonds is 8. The minimum atomic E-state index is -3.77. The number of carbonyl (C=O) groups excluding carboxylic acids is 3. The second kappa shape index (κ2) is 10.4. The van der Waals surface area contributed by atoms with Crippen LogP contribution >= 0.6 is 0 Å². The summed E-state index contributed by atoms with van der Waals surface area (Å²) in [4.78, 5) is 38.9. The molecule has 1 aromatic rings. The lowest BCUT2D eigenvalue weighted by atomic mass is 10.0. The van der Waals surface area contributed by atoms with Crippen LogP contribution in [0.4, 0.5) is 0 Å². The first-order chi connectivity index (χ1) is 14.2. The van der Waals surface area contributed by atoms with Gasteiger partial charge in [-0.2, -0.15) is 0 Å². The van der Waals surface area contributed by atoms with Gasteiger partial charge in [-0.1, -0.05) is 32.0 Å². The summed E-state index contributed by atoms with van der Waals surface area (Å²) in [6.07, 6.45) is 2.44. The van der Waals surface area contributed by atoms with Crippen LogP contribution in [-0.2, 0) is 29.0 Å². The van der Waals surface area contributed by atoms with E-state index in [0.717, 1.165) is 11.5 Å². The zero-order valence-corrected chi connectivity index (χ0v) is 18.2. The van der Waals surface area contributed by atoms with Gasteiger partial charge in [-0.3, -0.25) is 9.59 Å². The summed E-state index contributed by atoms with van der Waals surface area (Å²) in [6.45, 7) is 4.22.